The summed E-state index contributed by atoms with van der Waals surface area (Å²) in [5.41, 5.74) is 1.29. The number of halogens is 1. The molecule has 0 saturated heterocycles. The van der Waals surface area contributed by atoms with Crippen LogP contribution in [0.1, 0.15) is 31.2 Å². The summed E-state index contributed by atoms with van der Waals surface area (Å²) in [5, 5.41) is 5.55. The van der Waals surface area contributed by atoms with Crippen molar-refractivity contribution in [2.24, 2.45) is 0 Å². The lowest BCUT2D eigenvalue weighted by Gasteiger charge is -2.29. The van der Waals surface area contributed by atoms with Crippen molar-refractivity contribution < 1.29 is 28.2 Å². The summed E-state index contributed by atoms with van der Waals surface area (Å²) in [6.45, 7) is 0.204. The average Bonchev–Trinajstić information content (AvgIpc) is 3.22. The molecule has 2 atom stereocenters. The molecule has 1 fully saturated rings. The number of hydrogen-bond acceptors (Lipinski definition) is 5. The minimum Gasteiger partial charge on any atom is -0.454 e. The molecule has 7 nitrogen and oxygen atoms in total. The number of nitrogens with one attached hydrogen (secondary N) is 2. The second-order valence-electron chi connectivity index (χ2n) is 7.48. The quantitative estimate of drug-likeness (QED) is 0.699. The standard InChI is InChI=1S/C23H23FN2O5/c24-16-6-8-17(9-7-16)26-23(28)31-19-3-1-2-18(13-19)25-22(27)11-5-15-4-10-20-21(12-15)30-14-29-20/h4-12,18-19H,1-3,13-14H2,(H,25,27)(H,26,28)/b11-5+/t18-,19-/m0/s1. The van der Waals surface area contributed by atoms with E-state index in [0.717, 1.165) is 24.8 Å². The van der Waals surface area contributed by atoms with Crippen LogP contribution in [0.2, 0.25) is 0 Å². The summed E-state index contributed by atoms with van der Waals surface area (Å²) in [7, 11) is 0. The van der Waals surface area contributed by atoms with Crippen molar-refractivity contribution in [3.63, 3.8) is 0 Å². The Morgan fingerprint density at radius 3 is 2.71 bits per heavy atom. The predicted molar refractivity (Wildman–Crippen MR) is 112 cm³/mol. The zero-order valence-corrected chi connectivity index (χ0v) is 16.8. The fourth-order valence-corrected chi connectivity index (χ4v) is 3.65. The first-order valence-electron chi connectivity index (χ1n) is 10.2. The largest absolute Gasteiger partial charge is 0.454 e. The molecule has 0 unspecified atom stereocenters. The predicted octanol–water partition coefficient (Wildman–Crippen LogP) is 4.24. The number of ether oxygens (including phenoxy) is 3. The topological polar surface area (TPSA) is 85.9 Å². The molecule has 2 N–H and O–H groups in total. The SMILES string of the molecule is O=C(/C=C/c1ccc2c(c1)OCO2)N[C@H]1CCC[C@H](OC(=O)Nc2ccc(F)cc2)C1. The molecule has 2 amide bonds. The highest BCUT2D eigenvalue weighted by Gasteiger charge is 2.25. The third kappa shape index (κ3) is 5.75. The van der Waals surface area contributed by atoms with E-state index in [2.05, 4.69) is 10.6 Å². The van der Waals surface area contributed by atoms with Gasteiger partial charge in [-0.15, -0.1) is 0 Å². The summed E-state index contributed by atoms with van der Waals surface area (Å²) in [6, 6.07) is 10.8. The summed E-state index contributed by atoms with van der Waals surface area (Å²) in [4.78, 5) is 24.4. The van der Waals surface area contributed by atoms with E-state index in [1.807, 2.05) is 12.1 Å². The maximum absolute atomic E-state index is 13.0. The van der Waals surface area contributed by atoms with E-state index in [1.165, 1.54) is 30.3 Å². The van der Waals surface area contributed by atoms with Crippen LogP contribution in [0.4, 0.5) is 14.9 Å². The van der Waals surface area contributed by atoms with Gasteiger partial charge in [0.15, 0.2) is 11.5 Å². The van der Waals surface area contributed by atoms with Gasteiger partial charge in [0.25, 0.3) is 0 Å². The van der Waals surface area contributed by atoms with Crippen molar-refractivity contribution in [3.05, 3.63) is 59.9 Å². The van der Waals surface area contributed by atoms with Crippen molar-refractivity contribution in [1.29, 1.82) is 0 Å². The van der Waals surface area contributed by atoms with Gasteiger partial charge in [0.05, 0.1) is 0 Å². The van der Waals surface area contributed by atoms with Crippen molar-refractivity contribution in [3.8, 4) is 11.5 Å². The molecular formula is C23H23FN2O5. The van der Waals surface area contributed by atoms with E-state index in [0.29, 0.717) is 23.6 Å². The Morgan fingerprint density at radius 1 is 1.06 bits per heavy atom. The fraction of sp³-hybridized carbons (Fsp3) is 0.304. The highest BCUT2D eigenvalue weighted by atomic mass is 19.1. The van der Waals surface area contributed by atoms with Crippen LogP contribution in [-0.4, -0.2) is 30.9 Å². The number of benzene rings is 2. The van der Waals surface area contributed by atoms with Crippen LogP contribution >= 0.6 is 0 Å². The van der Waals surface area contributed by atoms with Gasteiger partial charge in [0.1, 0.15) is 11.9 Å². The Hall–Kier alpha value is -3.55. The van der Waals surface area contributed by atoms with E-state index in [-0.39, 0.29) is 30.7 Å². The summed E-state index contributed by atoms with van der Waals surface area (Å²) >= 11 is 0. The molecule has 0 bridgehead atoms. The molecule has 1 aliphatic carbocycles. The lowest BCUT2D eigenvalue weighted by atomic mass is 9.93. The second-order valence-corrected chi connectivity index (χ2v) is 7.48. The Balaban J connectivity index is 1.24. The van der Waals surface area contributed by atoms with Crippen LogP contribution < -0.4 is 20.1 Å². The minimum atomic E-state index is -0.591. The third-order valence-corrected chi connectivity index (χ3v) is 5.16. The molecule has 2 aliphatic rings. The number of fused-ring (bicyclic) bond motifs is 1. The monoisotopic (exact) mass is 426 g/mol. The highest BCUT2D eigenvalue weighted by Crippen LogP contribution is 2.32. The maximum atomic E-state index is 13.0. The lowest BCUT2D eigenvalue weighted by molar-refractivity contribution is -0.117. The Morgan fingerprint density at radius 2 is 1.87 bits per heavy atom. The number of carbonyl (C=O) groups is 2. The van der Waals surface area contributed by atoms with Crippen LogP contribution in [0.5, 0.6) is 11.5 Å². The van der Waals surface area contributed by atoms with E-state index in [1.54, 1.807) is 12.1 Å². The van der Waals surface area contributed by atoms with Crippen molar-refractivity contribution in [2.45, 2.75) is 37.8 Å². The van der Waals surface area contributed by atoms with Gasteiger partial charge in [-0.1, -0.05) is 6.07 Å². The fourth-order valence-electron chi connectivity index (χ4n) is 3.65. The molecule has 0 radical (unpaired) electrons. The summed E-state index contributed by atoms with van der Waals surface area (Å²) in [6.07, 6.45) is 5.24. The molecule has 1 heterocycles. The van der Waals surface area contributed by atoms with Gasteiger partial charge in [-0.3, -0.25) is 10.1 Å². The van der Waals surface area contributed by atoms with Gasteiger partial charge >= 0.3 is 6.09 Å². The lowest BCUT2D eigenvalue weighted by Crippen LogP contribution is -2.40. The first-order chi connectivity index (χ1) is 15.0. The molecule has 162 valence electrons. The molecular weight excluding hydrogens is 403 g/mol. The van der Waals surface area contributed by atoms with Crippen LogP contribution in [0.3, 0.4) is 0 Å². The van der Waals surface area contributed by atoms with Crippen molar-refractivity contribution in [2.75, 3.05) is 12.1 Å². The molecule has 1 aliphatic heterocycles. The smallest absolute Gasteiger partial charge is 0.411 e. The summed E-state index contributed by atoms with van der Waals surface area (Å²) < 4.78 is 29.0. The Labute approximate surface area is 179 Å². The van der Waals surface area contributed by atoms with Gasteiger partial charge in [0.2, 0.25) is 12.7 Å². The zero-order valence-electron chi connectivity index (χ0n) is 16.8. The molecule has 2 aromatic rings. The molecule has 0 aromatic heterocycles. The molecule has 8 heteroatoms. The molecule has 31 heavy (non-hydrogen) atoms. The van der Waals surface area contributed by atoms with Gasteiger partial charge in [0, 0.05) is 24.2 Å². The first-order valence-corrected chi connectivity index (χ1v) is 10.2. The van der Waals surface area contributed by atoms with Gasteiger partial charge in [-0.25, -0.2) is 9.18 Å². The van der Waals surface area contributed by atoms with Crippen molar-refractivity contribution >= 4 is 23.8 Å². The molecule has 0 spiro atoms. The van der Waals surface area contributed by atoms with Gasteiger partial charge in [-0.2, -0.15) is 0 Å². The van der Waals surface area contributed by atoms with E-state index >= 15 is 0 Å². The molecule has 2 aromatic carbocycles. The first kappa shape index (κ1) is 20.7. The van der Waals surface area contributed by atoms with Crippen LogP contribution in [0.15, 0.2) is 48.5 Å². The van der Waals surface area contributed by atoms with Crippen LogP contribution in [0, 0.1) is 5.82 Å². The molecule has 4 rings (SSSR count). The number of amides is 2. The average molecular weight is 426 g/mol. The molecule has 1 saturated carbocycles. The second kappa shape index (κ2) is 9.51. The van der Waals surface area contributed by atoms with E-state index in [4.69, 9.17) is 14.2 Å². The number of carbonyl (C=O) groups excluding carboxylic acids is 2. The number of rotatable bonds is 5. The Kier molecular flexibility index (Phi) is 6.35. The minimum absolute atomic E-state index is 0.0775. The van der Waals surface area contributed by atoms with Gasteiger partial charge < -0.3 is 19.5 Å². The number of hydrogen-bond donors (Lipinski definition) is 2. The zero-order chi connectivity index (χ0) is 21.6. The summed E-state index contributed by atoms with van der Waals surface area (Å²) in [5.74, 6) is 0.767. The van der Waals surface area contributed by atoms with Crippen molar-refractivity contribution in [1.82, 2.24) is 5.32 Å². The van der Waals surface area contributed by atoms with Gasteiger partial charge in [-0.05, 0) is 67.3 Å². The highest BCUT2D eigenvalue weighted by molar-refractivity contribution is 5.92. The van der Waals surface area contributed by atoms with E-state index < -0.39 is 6.09 Å². The Bertz CT molecular complexity index is 976. The van der Waals surface area contributed by atoms with Crippen LogP contribution in [-0.2, 0) is 9.53 Å². The van der Waals surface area contributed by atoms with E-state index in [9.17, 15) is 14.0 Å². The van der Waals surface area contributed by atoms with Crippen LogP contribution in [0.25, 0.3) is 6.08 Å². The third-order valence-electron chi connectivity index (χ3n) is 5.16. The maximum Gasteiger partial charge on any atom is 0.411 e. The number of anilines is 1. The normalized spacial score (nSPS) is 19.8.